The van der Waals surface area contributed by atoms with E-state index in [4.69, 9.17) is 22.7 Å². The van der Waals surface area contributed by atoms with Gasteiger partial charge in [-0.05, 0) is 40.2 Å². The van der Waals surface area contributed by atoms with Crippen LogP contribution in [0.2, 0.25) is 0 Å². The zero-order chi connectivity index (χ0) is 15.4. The summed E-state index contributed by atoms with van der Waals surface area (Å²) in [5, 5.41) is 2.74. The van der Waals surface area contributed by atoms with Crippen LogP contribution in [-0.2, 0) is 0 Å². The lowest BCUT2D eigenvalue weighted by molar-refractivity contribution is 0.102. The summed E-state index contributed by atoms with van der Waals surface area (Å²) in [5.41, 5.74) is 6.92. The van der Waals surface area contributed by atoms with E-state index in [9.17, 15) is 4.79 Å². The molecule has 1 amide bonds. The Hall–Kier alpha value is -1.99. The van der Waals surface area contributed by atoms with E-state index in [-0.39, 0.29) is 16.6 Å². The fourth-order valence-electron chi connectivity index (χ4n) is 1.72. The summed E-state index contributed by atoms with van der Waals surface area (Å²) >= 11 is 8.26. The number of halogens is 1. The summed E-state index contributed by atoms with van der Waals surface area (Å²) in [6, 6.07) is 8.52. The van der Waals surface area contributed by atoms with Crippen LogP contribution in [0, 0.1) is 0 Å². The molecule has 0 spiro atoms. The molecule has 1 aromatic carbocycles. The Bertz CT molecular complexity index is 689. The number of nitrogens with one attached hydrogen (secondary N) is 1. The van der Waals surface area contributed by atoms with Crippen LogP contribution in [0.15, 0.2) is 41.0 Å². The number of para-hydroxylation sites is 1. The molecule has 2 rings (SSSR count). The van der Waals surface area contributed by atoms with E-state index in [1.54, 1.807) is 36.5 Å². The van der Waals surface area contributed by atoms with Gasteiger partial charge in [-0.3, -0.25) is 4.79 Å². The maximum absolute atomic E-state index is 12.2. The monoisotopic (exact) mass is 365 g/mol. The molecular formula is C14H12BrN3O2S. The Balaban J connectivity index is 2.36. The van der Waals surface area contributed by atoms with Gasteiger partial charge < -0.3 is 15.8 Å². The number of carbonyl (C=O) groups is 1. The fourth-order valence-corrected chi connectivity index (χ4v) is 2.13. The highest BCUT2D eigenvalue weighted by Gasteiger charge is 2.15. The van der Waals surface area contributed by atoms with Gasteiger partial charge >= 0.3 is 0 Å². The third kappa shape index (κ3) is 3.56. The Kier molecular flexibility index (Phi) is 4.87. The Labute approximate surface area is 135 Å². The van der Waals surface area contributed by atoms with Crippen LogP contribution in [0.25, 0.3) is 0 Å². The lowest BCUT2D eigenvalue weighted by Gasteiger charge is -2.14. The van der Waals surface area contributed by atoms with Crippen molar-refractivity contribution in [1.29, 1.82) is 0 Å². The summed E-state index contributed by atoms with van der Waals surface area (Å²) in [4.78, 5) is 16.5. The van der Waals surface area contributed by atoms with Crippen molar-refractivity contribution in [3.63, 3.8) is 0 Å². The van der Waals surface area contributed by atoms with Crippen LogP contribution in [-0.4, -0.2) is 23.0 Å². The summed E-state index contributed by atoms with van der Waals surface area (Å²) in [6.45, 7) is 0. The van der Waals surface area contributed by atoms with Gasteiger partial charge in [0.25, 0.3) is 5.91 Å². The number of ether oxygens (including phenoxy) is 1. The van der Waals surface area contributed by atoms with Crippen LogP contribution < -0.4 is 15.8 Å². The fraction of sp³-hybridized carbons (Fsp3) is 0.0714. The smallest absolute Gasteiger partial charge is 0.274 e. The number of rotatable bonds is 4. The van der Waals surface area contributed by atoms with Crippen molar-refractivity contribution in [3.05, 3.63) is 52.3 Å². The molecule has 0 radical (unpaired) electrons. The molecule has 0 aliphatic carbocycles. The lowest BCUT2D eigenvalue weighted by atomic mass is 10.1. The summed E-state index contributed by atoms with van der Waals surface area (Å²) in [5.74, 6) is 0.107. The van der Waals surface area contributed by atoms with Crippen LogP contribution in [0.5, 0.6) is 5.75 Å². The second-order valence-corrected chi connectivity index (χ2v) is 5.42. The number of anilines is 1. The average Bonchev–Trinajstić information content (AvgIpc) is 2.47. The number of hydrogen-bond donors (Lipinski definition) is 2. The van der Waals surface area contributed by atoms with Gasteiger partial charge in [-0.1, -0.05) is 18.3 Å². The standard InChI is InChI=1S/C14H12BrN3O2S/c1-20-11-4-2-3-9(13(16)21)12(11)18-14(19)10-6-5-8(15)7-17-10/h2-7H,1H3,(H2,16,21)(H,18,19). The van der Waals surface area contributed by atoms with E-state index < -0.39 is 0 Å². The predicted molar refractivity (Wildman–Crippen MR) is 88.8 cm³/mol. The Morgan fingerprint density at radius 1 is 1.38 bits per heavy atom. The van der Waals surface area contributed by atoms with E-state index >= 15 is 0 Å². The quantitative estimate of drug-likeness (QED) is 0.814. The molecule has 1 aromatic heterocycles. The molecule has 0 bridgehead atoms. The molecule has 2 aromatic rings. The highest BCUT2D eigenvalue weighted by atomic mass is 79.9. The van der Waals surface area contributed by atoms with Gasteiger partial charge in [0.1, 0.15) is 16.4 Å². The number of nitrogens with two attached hydrogens (primary N) is 1. The molecule has 0 atom stereocenters. The Morgan fingerprint density at radius 2 is 2.14 bits per heavy atom. The van der Waals surface area contributed by atoms with Gasteiger partial charge in [-0.15, -0.1) is 0 Å². The minimum absolute atomic E-state index is 0.174. The number of benzene rings is 1. The topological polar surface area (TPSA) is 77.2 Å². The average molecular weight is 366 g/mol. The van der Waals surface area contributed by atoms with E-state index in [1.807, 2.05) is 0 Å². The molecule has 3 N–H and O–H groups in total. The van der Waals surface area contributed by atoms with Crippen LogP contribution in [0.3, 0.4) is 0 Å². The Morgan fingerprint density at radius 3 is 2.71 bits per heavy atom. The molecule has 1 heterocycles. The number of amides is 1. The number of methoxy groups -OCH3 is 1. The molecule has 0 aliphatic rings. The first-order valence-electron chi connectivity index (χ1n) is 5.92. The second-order valence-electron chi connectivity index (χ2n) is 4.06. The van der Waals surface area contributed by atoms with Crippen LogP contribution in [0.1, 0.15) is 16.1 Å². The predicted octanol–water partition coefficient (Wildman–Crippen LogP) is 2.74. The normalized spacial score (nSPS) is 10.0. The van der Waals surface area contributed by atoms with Crippen molar-refractivity contribution in [2.75, 3.05) is 12.4 Å². The minimum atomic E-state index is -0.371. The van der Waals surface area contributed by atoms with Crippen LogP contribution in [0.4, 0.5) is 5.69 Å². The SMILES string of the molecule is COc1cccc(C(N)=S)c1NC(=O)c1ccc(Br)cn1. The molecule has 7 heteroatoms. The van der Waals surface area contributed by atoms with Crippen molar-refractivity contribution < 1.29 is 9.53 Å². The van der Waals surface area contributed by atoms with Gasteiger partial charge in [0.2, 0.25) is 0 Å². The van der Waals surface area contributed by atoms with Gasteiger partial charge in [-0.25, -0.2) is 4.98 Å². The highest BCUT2D eigenvalue weighted by Crippen LogP contribution is 2.28. The van der Waals surface area contributed by atoms with Gasteiger partial charge in [0, 0.05) is 16.2 Å². The first kappa shape index (κ1) is 15.4. The van der Waals surface area contributed by atoms with Crippen molar-refractivity contribution in [2.24, 2.45) is 5.73 Å². The van der Waals surface area contributed by atoms with E-state index in [0.29, 0.717) is 17.0 Å². The van der Waals surface area contributed by atoms with Gasteiger partial charge in [-0.2, -0.15) is 0 Å². The van der Waals surface area contributed by atoms with Crippen molar-refractivity contribution in [3.8, 4) is 5.75 Å². The second kappa shape index (κ2) is 6.64. The number of thiocarbonyl (C=S) groups is 1. The number of aromatic nitrogens is 1. The summed E-state index contributed by atoms with van der Waals surface area (Å²) in [7, 11) is 1.51. The zero-order valence-corrected chi connectivity index (χ0v) is 13.5. The minimum Gasteiger partial charge on any atom is -0.495 e. The first-order valence-corrected chi connectivity index (χ1v) is 7.12. The lowest BCUT2D eigenvalue weighted by Crippen LogP contribution is -2.19. The molecule has 21 heavy (non-hydrogen) atoms. The largest absolute Gasteiger partial charge is 0.495 e. The number of nitrogens with zero attached hydrogens (tertiary/aromatic N) is 1. The molecule has 0 saturated carbocycles. The van der Waals surface area contributed by atoms with E-state index in [0.717, 1.165) is 4.47 Å². The number of carbonyl (C=O) groups excluding carboxylic acids is 1. The maximum atomic E-state index is 12.2. The highest BCUT2D eigenvalue weighted by molar-refractivity contribution is 9.10. The van der Waals surface area contributed by atoms with Crippen LogP contribution >= 0.6 is 28.1 Å². The third-order valence-corrected chi connectivity index (χ3v) is 3.40. The van der Waals surface area contributed by atoms with Crippen molar-refractivity contribution in [1.82, 2.24) is 4.98 Å². The molecule has 0 aliphatic heterocycles. The summed E-state index contributed by atoms with van der Waals surface area (Å²) < 4.78 is 6.03. The third-order valence-electron chi connectivity index (χ3n) is 2.71. The van der Waals surface area contributed by atoms with Gasteiger partial charge in [0.05, 0.1) is 12.8 Å². The van der Waals surface area contributed by atoms with Crippen molar-refractivity contribution >= 4 is 44.7 Å². The molecule has 5 nitrogen and oxygen atoms in total. The molecule has 0 unspecified atom stereocenters. The van der Waals surface area contributed by atoms with E-state index in [2.05, 4.69) is 26.2 Å². The first-order chi connectivity index (χ1) is 10.0. The van der Waals surface area contributed by atoms with Crippen molar-refractivity contribution in [2.45, 2.75) is 0 Å². The summed E-state index contributed by atoms with van der Waals surface area (Å²) in [6.07, 6.45) is 1.55. The number of hydrogen-bond acceptors (Lipinski definition) is 4. The van der Waals surface area contributed by atoms with Gasteiger partial charge in [0.15, 0.2) is 0 Å². The molecule has 0 saturated heterocycles. The number of pyridine rings is 1. The molecular weight excluding hydrogens is 354 g/mol. The maximum Gasteiger partial charge on any atom is 0.274 e. The zero-order valence-electron chi connectivity index (χ0n) is 11.1. The van der Waals surface area contributed by atoms with E-state index in [1.165, 1.54) is 7.11 Å². The molecule has 108 valence electrons. The molecule has 0 fully saturated rings.